The lowest BCUT2D eigenvalue weighted by atomic mass is 10.0. The van der Waals surface area contributed by atoms with Crippen molar-refractivity contribution in [3.8, 4) is 0 Å². The molecule has 0 aliphatic heterocycles. The minimum Gasteiger partial charge on any atom is -0.460 e. The van der Waals surface area contributed by atoms with Crippen LogP contribution in [0.4, 0.5) is 9.93 Å². The number of hydrogen-bond donors (Lipinski definition) is 5. The molecule has 0 spiro atoms. The first kappa shape index (κ1) is 38.1. The van der Waals surface area contributed by atoms with Gasteiger partial charge in [-0.3, -0.25) is 24.5 Å². The number of rotatable bonds is 13. The van der Waals surface area contributed by atoms with Crippen LogP contribution in [0.1, 0.15) is 75.6 Å². The van der Waals surface area contributed by atoms with E-state index in [0.717, 1.165) is 16.9 Å². The number of aromatic nitrogens is 1. The number of urea groups is 1. The van der Waals surface area contributed by atoms with E-state index in [1.165, 1.54) is 5.38 Å². The Hall–Kier alpha value is -5.31. The molecule has 3 aromatic rings. The fraction of sp³-hybridized carbons (Fsp3) is 0.382. The normalized spacial score (nSPS) is 12.4. The summed E-state index contributed by atoms with van der Waals surface area (Å²) in [4.78, 5) is 81.4. The molecule has 0 aliphatic carbocycles. The second-order valence-corrected chi connectivity index (χ2v) is 13.7. The van der Waals surface area contributed by atoms with Crippen LogP contribution in [0.3, 0.4) is 0 Å². The number of nitrogens with one attached hydrogen (secondary N) is 5. The molecule has 15 heteroatoms. The Morgan fingerprint density at radius 1 is 0.796 bits per heavy atom. The first-order valence-corrected chi connectivity index (χ1v) is 16.3. The lowest BCUT2D eigenvalue weighted by Crippen LogP contribution is -2.52. The monoisotopic (exact) mass is 694 g/mol. The van der Waals surface area contributed by atoms with Gasteiger partial charge in [0.15, 0.2) is 11.2 Å². The number of ether oxygens (including phenoxy) is 2. The molecular formula is C34H42N6O8S. The van der Waals surface area contributed by atoms with Gasteiger partial charge in [-0.15, -0.1) is 11.3 Å². The molecule has 0 aliphatic rings. The Kier molecular flexibility index (Phi) is 13.4. The molecular weight excluding hydrogens is 652 g/mol. The number of esters is 2. The summed E-state index contributed by atoms with van der Waals surface area (Å²) in [6, 6.07) is 14.4. The minimum atomic E-state index is -1.47. The summed E-state index contributed by atoms with van der Waals surface area (Å²) in [6.45, 7) is 9.71. The quantitative estimate of drug-likeness (QED) is 0.166. The van der Waals surface area contributed by atoms with Crippen LogP contribution in [0.15, 0.2) is 66.0 Å². The van der Waals surface area contributed by atoms with E-state index in [0.29, 0.717) is 12.1 Å². The Labute approximate surface area is 288 Å². The summed E-state index contributed by atoms with van der Waals surface area (Å²) < 4.78 is 10.9. The number of nitrogens with zero attached hydrogens (tertiary/aromatic N) is 1. The highest BCUT2D eigenvalue weighted by molar-refractivity contribution is 7.14. The first-order valence-electron chi connectivity index (χ1n) is 15.4. The van der Waals surface area contributed by atoms with Gasteiger partial charge in [0.1, 0.15) is 22.9 Å². The van der Waals surface area contributed by atoms with Gasteiger partial charge in [-0.2, -0.15) is 0 Å². The van der Waals surface area contributed by atoms with E-state index in [1.54, 1.807) is 71.9 Å². The standard InChI is InChI=1S/C34H42N6O8S/c1-33(2,3)47-26(42)17-23(29(44)39-27(22-15-11-8-12-16-22)30(45)48-34(4,5)6)37-25(41)19-35-28(43)24-20-49-32(38-24)40-31(46)36-18-21-13-9-7-10-14-21/h7-16,20,23,27H,17-19H2,1-6H3,(H,35,43)(H,37,41)(H,39,44)(H2,36,38,40,46)/t23-,27-/m0/s1. The number of thiazole rings is 1. The molecule has 2 aromatic carbocycles. The third kappa shape index (κ3) is 13.8. The zero-order valence-corrected chi connectivity index (χ0v) is 29.1. The van der Waals surface area contributed by atoms with Crippen LogP contribution >= 0.6 is 11.3 Å². The predicted molar refractivity (Wildman–Crippen MR) is 182 cm³/mol. The van der Waals surface area contributed by atoms with Gasteiger partial charge in [-0.1, -0.05) is 60.7 Å². The molecule has 14 nitrogen and oxygen atoms in total. The van der Waals surface area contributed by atoms with Gasteiger partial charge in [0.2, 0.25) is 11.8 Å². The molecule has 1 heterocycles. The smallest absolute Gasteiger partial charge is 0.333 e. The van der Waals surface area contributed by atoms with Crippen molar-refractivity contribution in [1.82, 2.24) is 26.3 Å². The maximum atomic E-state index is 13.5. The summed E-state index contributed by atoms with van der Waals surface area (Å²) in [5, 5.41) is 14.2. The van der Waals surface area contributed by atoms with Gasteiger partial charge >= 0.3 is 18.0 Å². The fourth-order valence-electron chi connectivity index (χ4n) is 4.14. The van der Waals surface area contributed by atoms with E-state index in [9.17, 15) is 28.8 Å². The highest BCUT2D eigenvalue weighted by atomic mass is 32.1. The lowest BCUT2D eigenvalue weighted by molar-refractivity contribution is -0.159. The highest BCUT2D eigenvalue weighted by Gasteiger charge is 2.33. The SMILES string of the molecule is CC(C)(C)OC(=O)C[C@H](NC(=O)CNC(=O)c1csc(NC(=O)NCc2ccccc2)n1)C(=O)N[C@H](C(=O)OC(C)(C)C)c1ccccc1. The third-order valence-corrected chi connectivity index (χ3v) is 6.92. The molecule has 0 unspecified atom stereocenters. The molecule has 49 heavy (non-hydrogen) atoms. The summed E-state index contributed by atoms with van der Waals surface area (Å²) in [5.74, 6) is -3.90. The van der Waals surface area contributed by atoms with Crippen LogP contribution in [-0.2, 0) is 35.2 Å². The minimum absolute atomic E-state index is 0.0535. The summed E-state index contributed by atoms with van der Waals surface area (Å²) in [7, 11) is 0. The third-order valence-electron chi connectivity index (χ3n) is 6.17. The van der Waals surface area contributed by atoms with Crippen LogP contribution in [-0.4, -0.2) is 64.5 Å². The Bertz CT molecular complexity index is 1620. The number of carbonyl (C=O) groups is 6. The predicted octanol–water partition coefficient (Wildman–Crippen LogP) is 3.61. The van der Waals surface area contributed by atoms with Crippen molar-refractivity contribution in [2.75, 3.05) is 11.9 Å². The maximum Gasteiger partial charge on any atom is 0.333 e. The lowest BCUT2D eigenvalue weighted by Gasteiger charge is -2.27. The average Bonchev–Trinajstić information content (AvgIpc) is 3.48. The summed E-state index contributed by atoms with van der Waals surface area (Å²) in [6.07, 6.45) is -0.563. The van der Waals surface area contributed by atoms with Crippen molar-refractivity contribution >= 4 is 52.2 Å². The molecule has 5 amide bonds. The van der Waals surface area contributed by atoms with Crippen molar-refractivity contribution in [3.05, 3.63) is 82.9 Å². The largest absolute Gasteiger partial charge is 0.460 e. The van der Waals surface area contributed by atoms with E-state index in [4.69, 9.17) is 9.47 Å². The van der Waals surface area contributed by atoms with Crippen molar-refractivity contribution in [2.24, 2.45) is 0 Å². The molecule has 0 radical (unpaired) electrons. The van der Waals surface area contributed by atoms with Gasteiger partial charge in [-0.25, -0.2) is 14.6 Å². The van der Waals surface area contributed by atoms with Crippen LogP contribution < -0.4 is 26.6 Å². The summed E-state index contributed by atoms with van der Waals surface area (Å²) in [5.41, 5.74) is -0.462. The van der Waals surface area contributed by atoms with E-state index < -0.39 is 71.9 Å². The number of anilines is 1. The van der Waals surface area contributed by atoms with Crippen molar-refractivity contribution in [1.29, 1.82) is 0 Å². The fourth-order valence-corrected chi connectivity index (χ4v) is 4.82. The average molecular weight is 695 g/mol. The molecule has 262 valence electrons. The zero-order valence-electron chi connectivity index (χ0n) is 28.2. The first-order chi connectivity index (χ1) is 23.0. The molecule has 0 saturated heterocycles. The van der Waals surface area contributed by atoms with Gasteiger partial charge in [0.25, 0.3) is 5.91 Å². The molecule has 2 atom stereocenters. The Morgan fingerprint density at radius 2 is 1.41 bits per heavy atom. The maximum absolute atomic E-state index is 13.5. The van der Waals surface area contributed by atoms with E-state index in [-0.39, 0.29) is 10.8 Å². The van der Waals surface area contributed by atoms with Crippen LogP contribution in [0.5, 0.6) is 0 Å². The van der Waals surface area contributed by atoms with E-state index in [1.807, 2.05) is 30.3 Å². The van der Waals surface area contributed by atoms with Crippen LogP contribution in [0.2, 0.25) is 0 Å². The number of amides is 5. The topological polar surface area (TPSA) is 194 Å². The molecule has 1 aromatic heterocycles. The molecule has 5 N–H and O–H groups in total. The molecule has 0 saturated carbocycles. The van der Waals surface area contributed by atoms with Gasteiger partial charge in [0, 0.05) is 11.9 Å². The van der Waals surface area contributed by atoms with Gasteiger partial charge < -0.3 is 30.7 Å². The number of carbonyl (C=O) groups excluding carboxylic acids is 6. The van der Waals surface area contributed by atoms with E-state index in [2.05, 4.69) is 31.6 Å². The van der Waals surface area contributed by atoms with Crippen molar-refractivity contribution < 1.29 is 38.2 Å². The second kappa shape index (κ2) is 17.2. The van der Waals surface area contributed by atoms with Crippen molar-refractivity contribution in [3.63, 3.8) is 0 Å². The van der Waals surface area contributed by atoms with Crippen molar-refractivity contribution in [2.45, 2.75) is 77.8 Å². The Morgan fingerprint density at radius 3 is 2.02 bits per heavy atom. The molecule has 0 bridgehead atoms. The second-order valence-electron chi connectivity index (χ2n) is 12.8. The summed E-state index contributed by atoms with van der Waals surface area (Å²) >= 11 is 1.01. The highest BCUT2D eigenvalue weighted by Crippen LogP contribution is 2.20. The van der Waals surface area contributed by atoms with Crippen LogP contribution in [0, 0.1) is 0 Å². The number of benzene rings is 2. The van der Waals surface area contributed by atoms with Gasteiger partial charge in [0.05, 0.1) is 13.0 Å². The van der Waals surface area contributed by atoms with Crippen LogP contribution in [0.25, 0.3) is 0 Å². The molecule has 3 rings (SSSR count). The Balaban J connectivity index is 1.64. The zero-order chi connectivity index (χ0) is 36.2. The van der Waals surface area contributed by atoms with Gasteiger partial charge in [-0.05, 0) is 52.7 Å². The molecule has 0 fully saturated rings. The number of hydrogen-bond acceptors (Lipinski definition) is 10. The van der Waals surface area contributed by atoms with E-state index >= 15 is 0 Å².